The summed E-state index contributed by atoms with van der Waals surface area (Å²) >= 11 is 0. The molecule has 0 unspecified atom stereocenters. The smallest absolute Gasteiger partial charge is 0.132 e. The lowest BCUT2D eigenvalue weighted by atomic mass is 10.1. The van der Waals surface area contributed by atoms with Crippen LogP contribution in [-0.4, -0.2) is 24.2 Å². The van der Waals surface area contributed by atoms with Gasteiger partial charge in [0.15, 0.2) is 0 Å². The second-order valence-electron chi connectivity index (χ2n) is 5.76. The molecule has 0 atom stereocenters. The van der Waals surface area contributed by atoms with Gasteiger partial charge in [-0.1, -0.05) is 53.7 Å². The van der Waals surface area contributed by atoms with Gasteiger partial charge in [-0.2, -0.15) is 0 Å². The lowest BCUT2D eigenvalue weighted by Crippen LogP contribution is -1.94. The minimum Gasteiger partial charge on any atom is -0.496 e. The van der Waals surface area contributed by atoms with Crippen LogP contribution in [0.4, 0.5) is 0 Å². The molecule has 0 fully saturated rings. The molecule has 0 radical (unpaired) electrons. The second kappa shape index (κ2) is 14.4. The van der Waals surface area contributed by atoms with Crippen LogP contribution in [0, 0.1) is 6.92 Å². The number of fused-ring (bicyclic) bond motifs is 1. The summed E-state index contributed by atoms with van der Waals surface area (Å²) in [4.78, 5) is 8.34. The minimum absolute atomic E-state index is 0.471. The van der Waals surface area contributed by atoms with Crippen LogP contribution in [0.1, 0.15) is 58.6 Å². The molecule has 0 aliphatic rings. The van der Waals surface area contributed by atoms with Crippen LogP contribution >= 0.6 is 0 Å². The Labute approximate surface area is 171 Å². The summed E-state index contributed by atoms with van der Waals surface area (Å²) in [5.74, 6) is 2.32. The standard InChI is InChI=1S/C11H11NO.C9H13NO.2C2H6/c1-8-7-12-10-6-4-3-5-9(10)11(8)13-2;1-7(2)8-6-10-5-4-9(8)11-3;2*1-2/h3-7H,1-2H3;4-7H,1-3H3;2*1-2H3. The van der Waals surface area contributed by atoms with Gasteiger partial charge in [-0.05, 0) is 31.0 Å². The lowest BCUT2D eigenvalue weighted by molar-refractivity contribution is 0.407. The summed E-state index contributed by atoms with van der Waals surface area (Å²) in [5.41, 5.74) is 3.21. The fraction of sp³-hybridized carbons (Fsp3) is 0.417. The zero-order valence-corrected chi connectivity index (χ0v) is 18.9. The van der Waals surface area contributed by atoms with Gasteiger partial charge >= 0.3 is 0 Å². The van der Waals surface area contributed by atoms with E-state index < -0.39 is 0 Å². The Morgan fingerprint density at radius 1 is 0.857 bits per heavy atom. The third-order valence-electron chi connectivity index (χ3n) is 3.76. The number of hydrogen-bond donors (Lipinski definition) is 0. The monoisotopic (exact) mass is 384 g/mol. The van der Waals surface area contributed by atoms with Crippen molar-refractivity contribution in [3.05, 3.63) is 60.0 Å². The Bertz CT molecular complexity index is 801. The van der Waals surface area contributed by atoms with Crippen molar-refractivity contribution in [3.8, 4) is 11.5 Å². The molecule has 0 aliphatic carbocycles. The molecule has 0 bridgehead atoms. The molecule has 2 aromatic heterocycles. The highest BCUT2D eigenvalue weighted by atomic mass is 16.5. The minimum atomic E-state index is 0.471. The molecule has 0 saturated carbocycles. The largest absolute Gasteiger partial charge is 0.496 e. The van der Waals surface area contributed by atoms with E-state index in [0.717, 1.165) is 33.5 Å². The normalized spacial score (nSPS) is 9.21. The molecule has 3 rings (SSSR count). The Kier molecular flexibility index (Phi) is 13.1. The Morgan fingerprint density at radius 3 is 2.04 bits per heavy atom. The fourth-order valence-electron chi connectivity index (χ4n) is 2.50. The number of nitrogens with zero attached hydrogens (tertiary/aromatic N) is 2. The SMILES string of the molecule is CC.CC.COc1c(C)cnc2ccccc12.COc1ccncc1C(C)C. The zero-order chi connectivity index (χ0) is 21.5. The second-order valence-corrected chi connectivity index (χ2v) is 5.76. The van der Waals surface area contributed by atoms with Crippen molar-refractivity contribution in [2.24, 2.45) is 0 Å². The Balaban J connectivity index is 0.000000447. The highest BCUT2D eigenvalue weighted by molar-refractivity contribution is 5.85. The van der Waals surface area contributed by atoms with Crippen LogP contribution in [0.2, 0.25) is 0 Å². The van der Waals surface area contributed by atoms with Gasteiger partial charge in [0.1, 0.15) is 11.5 Å². The van der Waals surface area contributed by atoms with Crippen LogP contribution in [-0.2, 0) is 0 Å². The van der Waals surface area contributed by atoms with Gasteiger partial charge in [-0.3, -0.25) is 9.97 Å². The first-order valence-corrected chi connectivity index (χ1v) is 9.94. The number of hydrogen-bond acceptors (Lipinski definition) is 4. The molecular formula is C24H36N2O2. The third-order valence-corrected chi connectivity index (χ3v) is 3.76. The molecule has 28 heavy (non-hydrogen) atoms. The Morgan fingerprint density at radius 2 is 1.50 bits per heavy atom. The molecule has 0 saturated heterocycles. The van der Waals surface area contributed by atoms with E-state index in [1.54, 1.807) is 20.4 Å². The fourth-order valence-corrected chi connectivity index (χ4v) is 2.50. The third kappa shape index (κ3) is 7.18. The summed E-state index contributed by atoms with van der Waals surface area (Å²) in [6.07, 6.45) is 5.43. The van der Waals surface area contributed by atoms with Crippen molar-refractivity contribution in [2.75, 3.05) is 14.2 Å². The highest BCUT2D eigenvalue weighted by Gasteiger charge is 2.05. The number of benzene rings is 1. The average molecular weight is 385 g/mol. The molecule has 1 aromatic carbocycles. The number of pyridine rings is 2. The van der Waals surface area contributed by atoms with Crippen molar-refractivity contribution in [3.63, 3.8) is 0 Å². The van der Waals surface area contributed by atoms with Crippen LogP contribution in [0.5, 0.6) is 11.5 Å². The van der Waals surface area contributed by atoms with E-state index in [4.69, 9.17) is 9.47 Å². The van der Waals surface area contributed by atoms with Crippen LogP contribution in [0.15, 0.2) is 48.9 Å². The van der Waals surface area contributed by atoms with Gasteiger partial charge in [0.2, 0.25) is 0 Å². The molecule has 3 aromatic rings. The molecule has 0 amide bonds. The van der Waals surface area contributed by atoms with Gasteiger partial charge in [0, 0.05) is 35.1 Å². The number of ether oxygens (including phenoxy) is 2. The van der Waals surface area contributed by atoms with E-state index in [0.29, 0.717) is 5.92 Å². The first kappa shape index (κ1) is 25.4. The molecule has 0 aliphatic heterocycles. The summed E-state index contributed by atoms with van der Waals surface area (Å²) in [5, 5.41) is 1.07. The van der Waals surface area contributed by atoms with Crippen molar-refractivity contribution in [1.29, 1.82) is 0 Å². The molecule has 0 spiro atoms. The Hall–Kier alpha value is -2.62. The molecule has 4 heteroatoms. The van der Waals surface area contributed by atoms with E-state index in [-0.39, 0.29) is 0 Å². The maximum absolute atomic E-state index is 5.32. The van der Waals surface area contributed by atoms with Gasteiger partial charge in [0.25, 0.3) is 0 Å². The van der Waals surface area contributed by atoms with Crippen LogP contribution < -0.4 is 9.47 Å². The molecule has 0 N–H and O–H groups in total. The molecule has 4 nitrogen and oxygen atoms in total. The van der Waals surface area contributed by atoms with E-state index in [1.165, 1.54) is 0 Å². The maximum Gasteiger partial charge on any atom is 0.132 e. The van der Waals surface area contributed by atoms with Crippen LogP contribution in [0.3, 0.4) is 0 Å². The molecule has 2 heterocycles. The van der Waals surface area contributed by atoms with Crippen molar-refractivity contribution < 1.29 is 9.47 Å². The van der Waals surface area contributed by atoms with Gasteiger partial charge in [-0.15, -0.1) is 0 Å². The van der Waals surface area contributed by atoms with Crippen molar-refractivity contribution in [1.82, 2.24) is 9.97 Å². The summed E-state index contributed by atoms with van der Waals surface area (Å²) in [6, 6.07) is 9.86. The molecule has 154 valence electrons. The van der Waals surface area contributed by atoms with E-state index in [2.05, 4.69) is 23.8 Å². The average Bonchev–Trinajstić information content (AvgIpc) is 2.77. The summed E-state index contributed by atoms with van der Waals surface area (Å²) in [6.45, 7) is 14.2. The van der Waals surface area contributed by atoms with Crippen molar-refractivity contribution in [2.45, 2.75) is 54.4 Å². The predicted octanol–water partition coefficient (Wildman–Crippen LogP) is 6.82. The van der Waals surface area contributed by atoms with E-state index in [9.17, 15) is 0 Å². The summed E-state index contributed by atoms with van der Waals surface area (Å²) < 4.78 is 10.5. The summed E-state index contributed by atoms with van der Waals surface area (Å²) in [7, 11) is 3.37. The number of para-hydroxylation sites is 1. The van der Waals surface area contributed by atoms with Gasteiger partial charge in [-0.25, -0.2) is 0 Å². The van der Waals surface area contributed by atoms with Crippen LogP contribution in [0.25, 0.3) is 10.9 Å². The van der Waals surface area contributed by atoms with Gasteiger partial charge < -0.3 is 9.47 Å². The van der Waals surface area contributed by atoms with Gasteiger partial charge in [0.05, 0.1) is 19.7 Å². The first-order valence-electron chi connectivity index (χ1n) is 9.94. The zero-order valence-electron chi connectivity index (χ0n) is 18.9. The van der Waals surface area contributed by atoms with E-state index >= 15 is 0 Å². The quantitative estimate of drug-likeness (QED) is 0.497. The number of rotatable bonds is 3. The highest BCUT2D eigenvalue weighted by Crippen LogP contribution is 2.26. The molecular weight excluding hydrogens is 348 g/mol. The first-order chi connectivity index (χ1) is 13.6. The topological polar surface area (TPSA) is 44.2 Å². The number of aromatic nitrogens is 2. The maximum atomic E-state index is 5.32. The lowest BCUT2D eigenvalue weighted by Gasteiger charge is -2.09. The van der Waals surface area contributed by atoms with E-state index in [1.807, 2.05) is 77.3 Å². The predicted molar refractivity (Wildman–Crippen MR) is 121 cm³/mol. The number of aryl methyl sites for hydroxylation is 1. The number of methoxy groups -OCH3 is 2. The van der Waals surface area contributed by atoms with Crippen molar-refractivity contribution >= 4 is 10.9 Å².